The van der Waals surface area contributed by atoms with Crippen LogP contribution >= 0.6 is 23.2 Å². The third-order valence-corrected chi connectivity index (χ3v) is 4.42. The van der Waals surface area contributed by atoms with E-state index in [0.717, 1.165) is 0 Å². The van der Waals surface area contributed by atoms with Crippen LogP contribution in [0.25, 0.3) is 0 Å². The number of rotatable bonds is 6. The standard InChI is InChI=1S/C18H17Cl2FN2O2/c1-12(24)23(11-13-5-2-3-7-15(13)21)10-9-17(25)22-16-8-4-6-14(19)18(16)20/h2-8H,9-11H2,1H3,(H,22,25). The van der Waals surface area contributed by atoms with E-state index in [2.05, 4.69) is 5.32 Å². The number of halogens is 3. The molecule has 0 atom stereocenters. The summed E-state index contributed by atoms with van der Waals surface area (Å²) in [5.41, 5.74) is 0.804. The second-order valence-corrected chi connectivity index (χ2v) is 6.22. The Bertz CT molecular complexity index is 783. The third kappa shape index (κ3) is 5.44. The van der Waals surface area contributed by atoms with Gasteiger partial charge in [0.15, 0.2) is 0 Å². The van der Waals surface area contributed by atoms with E-state index in [0.29, 0.717) is 16.3 Å². The summed E-state index contributed by atoms with van der Waals surface area (Å²) in [6, 6.07) is 11.1. The molecule has 0 spiro atoms. The molecule has 0 aliphatic carbocycles. The van der Waals surface area contributed by atoms with Crippen LogP contribution < -0.4 is 5.32 Å². The van der Waals surface area contributed by atoms with Crippen molar-refractivity contribution in [2.75, 3.05) is 11.9 Å². The van der Waals surface area contributed by atoms with Gasteiger partial charge in [-0.15, -0.1) is 0 Å². The Morgan fingerprint density at radius 3 is 2.52 bits per heavy atom. The fraction of sp³-hybridized carbons (Fsp3) is 0.222. The molecule has 0 saturated heterocycles. The van der Waals surface area contributed by atoms with Crippen LogP contribution in [0.4, 0.5) is 10.1 Å². The molecule has 0 aromatic heterocycles. The van der Waals surface area contributed by atoms with Crippen molar-refractivity contribution in [3.8, 4) is 0 Å². The molecule has 0 heterocycles. The zero-order chi connectivity index (χ0) is 18.4. The van der Waals surface area contributed by atoms with Gasteiger partial charge in [-0.25, -0.2) is 4.39 Å². The number of anilines is 1. The molecular weight excluding hydrogens is 366 g/mol. The van der Waals surface area contributed by atoms with Gasteiger partial charge in [-0.05, 0) is 18.2 Å². The minimum absolute atomic E-state index is 0.0525. The summed E-state index contributed by atoms with van der Waals surface area (Å²) in [5.74, 6) is -0.940. The van der Waals surface area contributed by atoms with Crippen molar-refractivity contribution in [1.82, 2.24) is 4.90 Å². The number of nitrogens with one attached hydrogen (secondary N) is 1. The number of nitrogens with zero attached hydrogens (tertiary/aromatic N) is 1. The lowest BCUT2D eigenvalue weighted by Gasteiger charge is -2.21. The number of carbonyl (C=O) groups excluding carboxylic acids is 2. The summed E-state index contributed by atoms with van der Waals surface area (Å²) >= 11 is 11.9. The first-order chi connectivity index (χ1) is 11.9. The average molecular weight is 383 g/mol. The van der Waals surface area contributed by atoms with Crippen molar-refractivity contribution in [2.24, 2.45) is 0 Å². The minimum Gasteiger partial charge on any atom is -0.338 e. The molecule has 1 N–H and O–H groups in total. The fourth-order valence-corrected chi connectivity index (χ4v) is 2.58. The van der Waals surface area contributed by atoms with Gasteiger partial charge in [0.25, 0.3) is 0 Å². The van der Waals surface area contributed by atoms with Gasteiger partial charge in [-0.1, -0.05) is 47.5 Å². The van der Waals surface area contributed by atoms with Crippen LogP contribution in [0.2, 0.25) is 10.0 Å². The Labute approximate surface area is 155 Å². The van der Waals surface area contributed by atoms with E-state index in [-0.39, 0.29) is 42.2 Å². The second-order valence-electron chi connectivity index (χ2n) is 5.43. The van der Waals surface area contributed by atoms with Crippen molar-refractivity contribution < 1.29 is 14.0 Å². The van der Waals surface area contributed by atoms with Crippen LogP contribution in [0.15, 0.2) is 42.5 Å². The molecule has 2 rings (SSSR count). The largest absolute Gasteiger partial charge is 0.338 e. The molecule has 7 heteroatoms. The second kappa shape index (κ2) is 8.83. The van der Waals surface area contributed by atoms with E-state index < -0.39 is 0 Å². The zero-order valence-corrected chi connectivity index (χ0v) is 15.1. The molecule has 0 bridgehead atoms. The van der Waals surface area contributed by atoms with Gasteiger partial charge in [0.1, 0.15) is 5.82 Å². The quantitative estimate of drug-likeness (QED) is 0.798. The number of carbonyl (C=O) groups is 2. The van der Waals surface area contributed by atoms with E-state index in [4.69, 9.17) is 23.2 Å². The molecule has 0 fully saturated rings. The SMILES string of the molecule is CC(=O)N(CCC(=O)Nc1cccc(Cl)c1Cl)Cc1ccccc1F. The summed E-state index contributed by atoms with van der Waals surface area (Å²) in [6.45, 7) is 1.65. The molecule has 132 valence electrons. The van der Waals surface area contributed by atoms with Crippen molar-refractivity contribution in [1.29, 1.82) is 0 Å². The van der Waals surface area contributed by atoms with Crippen molar-refractivity contribution in [3.05, 3.63) is 63.9 Å². The first kappa shape index (κ1) is 19.2. The predicted octanol–water partition coefficient (Wildman–Crippen LogP) is 4.51. The lowest BCUT2D eigenvalue weighted by molar-refractivity contribution is -0.130. The lowest BCUT2D eigenvalue weighted by Crippen LogP contribution is -2.32. The molecule has 0 unspecified atom stereocenters. The molecule has 2 amide bonds. The number of hydrogen-bond donors (Lipinski definition) is 1. The smallest absolute Gasteiger partial charge is 0.226 e. The maximum Gasteiger partial charge on any atom is 0.226 e. The molecule has 25 heavy (non-hydrogen) atoms. The molecule has 2 aromatic carbocycles. The van der Waals surface area contributed by atoms with Gasteiger partial charge < -0.3 is 10.2 Å². The zero-order valence-electron chi connectivity index (χ0n) is 13.6. The van der Waals surface area contributed by atoms with Crippen molar-refractivity contribution in [2.45, 2.75) is 19.9 Å². The average Bonchev–Trinajstić information content (AvgIpc) is 2.57. The van der Waals surface area contributed by atoms with E-state index in [1.54, 1.807) is 36.4 Å². The van der Waals surface area contributed by atoms with Gasteiger partial charge in [0.2, 0.25) is 11.8 Å². The Morgan fingerprint density at radius 2 is 1.84 bits per heavy atom. The van der Waals surface area contributed by atoms with Gasteiger partial charge >= 0.3 is 0 Å². The van der Waals surface area contributed by atoms with E-state index >= 15 is 0 Å². The number of hydrogen-bond acceptors (Lipinski definition) is 2. The minimum atomic E-state index is -0.385. The van der Waals surface area contributed by atoms with Gasteiger partial charge in [-0.2, -0.15) is 0 Å². The van der Waals surface area contributed by atoms with Crippen molar-refractivity contribution in [3.63, 3.8) is 0 Å². The Hall–Kier alpha value is -2.11. The van der Waals surface area contributed by atoms with Gasteiger partial charge in [0, 0.05) is 32.0 Å². The summed E-state index contributed by atoms with van der Waals surface area (Å²) in [4.78, 5) is 25.3. The Balaban J connectivity index is 1.96. The Morgan fingerprint density at radius 1 is 1.12 bits per heavy atom. The lowest BCUT2D eigenvalue weighted by atomic mass is 10.2. The first-order valence-electron chi connectivity index (χ1n) is 7.61. The van der Waals surface area contributed by atoms with Crippen LogP contribution in [0.5, 0.6) is 0 Å². The van der Waals surface area contributed by atoms with Crippen LogP contribution in [-0.4, -0.2) is 23.3 Å². The molecular formula is C18H17Cl2FN2O2. The third-order valence-electron chi connectivity index (χ3n) is 3.60. The van der Waals surface area contributed by atoms with Crippen molar-refractivity contribution >= 4 is 40.7 Å². The number of benzene rings is 2. The maximum absolute atomic E-state index is 13.7. The van der Waals surface area contributed by atoms with Crippen LogP contribution in [0.3, 0.4) is 0 Å². The molecule has 0 saturated carbocycles. The highest BCUT2D eigenvalue weighted by Crippen LogP contribution is 2.29. The van der Waals surface area contributed by atoms with E-state index in [1.165, 1.54) is 17.9 Å². The number of amides is 2. The molecule has 0 aliphatic heterocycles. The normalized spacial score (nSPS) is 10.4. The first-order valence-corrected chi connectivity index (χ1v) is 8.37. The fourth-order valence-electron chi connectivity index (χ4n) is 2.23. The topological polar surface area (TPSA) is 49.4 Å². The summed E-state index contributed by atoms with van der Waals surface area (Å²) in [7, 11) is 0. The molecule has 2 aromatic rings. The molecule has 0 aliphatic rings. The Kier molecular flexibility index (Phi) is 6.79. The van der Waals surface area contributed by atoms with Gasteiger partial charge in [0.05, 0.1) is 15.7 Å². The van der Waals surface area contributed by atoms with Gasteiger partial charge in [-0.3, -0.25) is 9.59 Å². The van der Waals surface area contributed by atoms with Crippen LogP contribution in [0, 0.1) is 5.82 Å². The highest BCUT2D eigenvalue weighted by molar-refractivity contribution is 6.43. The van der Waals surface area contributed by atoms with E-state index in [1.807, 2.05) is 0 Å². The maximum atomic E-state index is 13.7. The molecule has 0 radical (unpaired) electrons. The summed E-state index contributed by atoms with van der Waals surface area (Å²) in [5, 5.41) is 3.25. The van der Waals surface area contributed by atoms with Crippen LogP contribution in [-0.2, 0) is 16.1 Å². The predicted molar refractivity (Wildman–Crippen MR) is 97.2 cm³/mol. The highest BCUT2D eigenvalue weighted by Gasteiger charge is 2.15. The summed E-state index contributed by atoms with van der Waals surface area (Å²) in [6.07, 6.45) is 0.0525. The monoisotopic (exact) mass is 382 g/mol. The van der Waals surface area contributed by atoms with Crippen LogP contribution in [0.1, 0.15) is 18.9 Å². The highest BCUT2D eigenvalue weighted by atomic mass is 35.5. The van der Waals surface area contributed by atoms with E-state index in [9.17, 15) is 14.0 Å². The summed E-state index contributed by atoms with van der Waals surface area (Å²) < 4.78 is 13.7. The molecule has 4 nitrogen and oxygen atoms in total.